The average Bonchev–Trinajstić information content (AvgIpc) is 3.56. The molecule has 8 heteroatoms. The maximum absolute atomic E-state index is 13.2. The average molecular weight is 482 g/mol. The fraction of sp³-hybridized carbons (Fsp3) is 0.385. The van der Waals surface area contributed by atoms with Crippen LogP contribution >= 0.6 is 11.3 Å². The third kappa shape index (κ3) is 5.63. The zero-order valence-electron chi connectivity index (χ0n) is 19.0. The number of aromatic nitrogens is 1. The first-order valence-corrected chi connectivity index (χ1v) is 12.6. The quantitative estimate of drug-likeness (QED) is 0.499. The molecule has 1 aromatic heterocycles. The van der Waals surface area contributed by atoms with Crippen molar-refractivity contribution in [2.24, 2.45) is 0 Å². The summed E-state index contributed by atoms with van der Waals surface area (Å²) >= 11 is 1.57. The van der Waals surface area contributed by atoms with Crippen LogP contribution in [0.15, 0.2) is 53.9 Å². The largest absolute Gasteiger partial charge is 0.491 e. The van der Waals surface area contributed by atoms with Gasteiger partial charge in [-0.2, -0.15) is 0 Å². The third-order valence-corrected chi connectivity index (χ3v) is 7.19. The number of amides is 1. The second kappa shape index (κ2) is 10.6. The van der Waals surface area contributed by atoms with Crippen LogP contribution in [-0.4, -0.2) is 66.2 Å². The van der Waals surface area contributed by atoms with Crippen molar-refractivity contribution in [1.29, 1.82) is 0 Å². The topological polar surface area (TPSA) is 54.9 Å². The van der Waals surface area contributed by atoms with Crippen LogP contribution in [0.2, 0.25) is 0 Å². The summed E-state index contributed by atoms with van der Waals surface area (Å²) in [6.07, 6.45) is 2.31. The second-order valence-corrected chi connectivity index (χ2v) is 9.55. The molecule has 34 heavy (non-hydrogen) atoms. The molecule has 1 atom stereocenters. The van der Waals surface area contributed by atoms with Gasteiger partial charge in [0.05, 0.1) is 11.8 Å². The summed E-state index contributed by atoms with van der Waals surface area (Å²) < 4.78 is 24.5. The molecule has 2 aliphatic rings. The van der Waals surface area contributed by atoms with E-state index in [1.807, 2.05) is 29.2 Å². The van der Waals surface area contributed by atoms with Crippen molar-refractivity contribution in [2.75, 3.05) is 39.4 Å². The van der Waals surface area contributed by atoms with E-state index in [2.05, 4.69) is 10.3 Å². The molecule has 178 valence electrons. The molecule has 2 aliphatic heterocycles. The molecule has 2 saturated heterocycles. The summed E-state index contributed by atoms with van der Waals surface area (Å²) in [7, 11) is 0. The monoisotopic (exact) mass is 481 g/mol. The van der Waals surface area contributed by atoms with Gasteiger partial charge in [-0.3, -0.25) is 9.69 Å². The molecule has 1 amide bonds. The number of thiazole rings is 1. The molecule has 2 aromatic carbocycles. The maximum atomic E-state index is 13.2. The van der Waals surface area contributed by atoms with Crippen LogP contribution in [0.4, 0.5) is 4.39 Å². The van der Waals surface area contributed by atoms with E-state index in [0.29, 0.717) is 25.3 Å². The van der Waals surface area contributed by atoms with Crippen LogP contribution in [-0.2, 0) is 11.3 Å². The number of benzene rings is 2. The van der Waals surface area contributed by atoms with E-state index in [1.54, 1.807) is 23.5 Å². The van der Waals surface area contributed by atoms with Crippen LogP contribution in [0.5, 0.6) is 5.75 Å². The highest BCUT2D eigenvalue weighted by molar-refractivity contribution is 7.13. The number of rotatable bonds is 7. The lowest BCUT2D eigenvalue weighted by molar-refractivity contribution is 0.0626. The zero-order valence-corrected chi connectivity index (χ0v) is 19.8. The van der Waals surface area contributed by atoms with E-state index in [0.717, 1.165) is 61.1 Å². The van der Waals surface area contributed by atoms with Crippen LogP contribution in [0.25, 0.3) is 10.6 Å². The van der Waals surface area contributed by atoms with Crippen molar-refractivity contribution >= 4 is 17.2 Å². The Kier molecular flexibility index (Phi) is 7.18. The van der Waals surface area contributed by atoms with Gasteiger partial charge in [0.25, 0.3) is 5.91 Å². The number of hydrogen-bond acceptors (Lipinski definition) is 6. The number of nitrogens with zero attached hydrogens (tertiary/aromatic N) is 3. The first-order chi connectivity index (χ1) is 16.6. The number of carbonyl (C=O) groups is 1. The van der Waals surface area contributed by atoms with Crippen LogP contribution in [0.3, 0.4) is 0 Å². The molecule has 0 spiro atoms. The summed E-state index contributed by atoms with van der Waals surface area (Å²) in [5.41, 5.74) is 2.61. The van der Waals surface area contributed by atoms with E-state index in [-0.39, 0.29) is 17.8 Å². The molecule has 1 unspecified atom stereocenters. The normalized spacial score (nSPS) is 18.9. The Labute approximate surface area is 202 Å². The van der Waals surface area contributed by atoms with Crippen LogP contribution in [0, 0.1) is 5.82 Å². The minimum Gasteiger partial charge on any atom is -0.491 e. The standard InChI is InChI=1S/C26H28FN3O3S/c27-21-7-3-19(4-8-21)25-28-22(18-34-25)16-29-11-13-30(14-12-29)26(31)20-5-9-23(10-6-20)33-17-24-2-1-15-32-24/h3-10,18,24H,1-2,11-17H2. The number of carbonyl (C=O) groups excluding carboxylic acids is 1. The van der Waals surface area contributed by atoms with Crippen LogP contribution < -0.4 is 4.74 Å². The van der Waals surface area contributed by atoms with E-state index < -0.39 is 0 Å². The van der Waals surface area contributed by atoms with Crippen molar-refractivity contribution < 1.29 is 18.7 Å². The maximum Gasteiger partial charge on any atom is 0.253 e. The first-order valence-electron chi connectivity index (χ1n) is 11.7. The van der Waals surface area contributed by atoms with Crippen molar-refractivity contribution in [3.8, 4) is 16.3 Å². The van der Waals surface area contributed by atoms with Crippen LogP contribution in [0.1, 0.15) is 28.9 Å². The number of hydrogen-bond donors (Lipinski definition) is 0. The van der Waals surface area contributed by atoms with Gasteiger partial charge in [-0.1, -0.05) is 0 Å². The molecule has 6 nitrogen and oxygen atoms in total. The van der Waals surface area contributed by atoms with Crippen molar-refractivity contribution in [2.45, 2.75) is 25.5 Å². The van der Waals surface area contributed by atoms with Crippen molar-refractivity contribution in [3.63, 3.8) is 0 Å². The summed E-state index contributed by atoms with van der Waals surface area (Å²) in [5.74, 6) is 0.573. The Morgan fingerprint density at radius 1 is 1.09 bits per heavy atom. The van der Waals surface area contributed by atoms with E-state index in [4.69, 9.17) is 14.5 Å². The van der Waals surface area contributed by atoms with E-state index >= 15 is 0 Å². The fourth-order valence-electron chi connectivity index (χ4n) is 4.28. The summed E-state index contributed by atoms with van der Waals surface area (Å²) in [6, 6.07) is 13.8. The lowest BCUT2D eigenvalue weighted by atomic mass is 10.1. The summed E-state index contributed by atoms with van der Waals surface area (Å²) in [6.45, 7) is 5.09. The Hall–Kier alpha value is -2.81. The minimum absolute atomic E-state index is 0.0533. The van der Waals surface area contributed by atoms with Gasteiger partial charge >= 0.3 is 0 Å². The van der Waals surface area contributed by atoms with Gasteiger partial charge < -0.3 is 14.4 Å². The van der Waals surface area contributed by atoms with Gasteiger partial charge in [0.15, 0.2) is 0 Å². The zero-order chi connectivity index (χ0) is 23.3. The third-order valence-electron chi connectivity index (χ3n) is 6.25. The molecular weight excluding hydrogens is 453 g/mol. The van der Waals surface area contributed by atoms with Crippen molar-refractivity contribution in [3.05, 3.63) is 71.0 Å². The highest BCUT2D eigenvalue weighted by Crippen LogP contribution is 2.25. The van der Waals surface area contributed by atoms with Gasteiger partial charge in [-0.25, -0.2) is 9.37 Å². The Morgan fingerprint density at radius 3 is 2.56 bits per heavy atom. The molecule has 0 N–H and O–H groups in total. The van der Waals surface area contributed by atoms with E-state index in [1.165, 1.54) is 12.1 Å². The predicted molar refractivity (Wildman–Crippen MR) is 130 cm³/mol. The minimum atomic E-state index is -0.244. The molecule has 0 saturated carbocycles. The van der Waals surface area contributed by atoms with E-state index in [9.17, 15) is 9.18 Å². The molecule has 0 radical (unpaired) electrons. The number of piperazine rings is 1. The highest BCUT2D eigenvalue weighted by atomic mass is 32.1. The number of ether oxygens (including phenoxy) is 2. The Bertz CT molecular complexity index is 1090. The lowest BCUT2D eigenvalue weighted by Gasteiger charge is -2.34. The molecular formula is C26H28FN3O3S. The molecule has 5 rings (SSSR count). The SMILES string of the molecule is O=C(c1ccc(OCC2CCCO2)cc1)N1CCN(Cc2csc(-c3ccc(F)cc3)n2)CC1. The molecule has 0 bridgehead atoms. The van der Waals surface area contributed by atoms with Gasteiger partial charge in [-0.15, -0.1) is 11.3 Å². The molecule has 2 fully saturated rings. The first kappa shape index (κ1) is 23.0. The molecule has 3 aromatic rings. The van der Waals surface area contributed by atoms with Gasteiger partial charge in [0.1, 0.15) is 23.2 Å². The molecule has 0 aliphatic carbocycles. The second-order valence-electron chi connectivity index (χ2n) is 8.69. The lowest BCUT2D eigenvalue weighted by Crippen LogP contribution is -2.48. The Balaban J connectivity index is 1.09. The Morgan fingerprint density at radius 2 is 1.85 bits per heavy atom. The number of halogens is 1. The summed E-state index contributed by atoms with van der Waals surface area (Å²) in [5, 5.41) is 2.95. The predicted octanol–water partition coefficient (Wildman–Crippen LogP) is 4.47. The smallest absolute Gasteiger partial charge is 0.253 e. The highest BCUT2D eigenvalue weighted by Gasteiger charge is 2.23. The summed E-state index contributed by atoms with van der Waals surface area (Å²) in [4.78, 5) is 21.9. The van der Waals surface area contributed by atoms with Crippen molar-refractivity contribution in [1.82, 2.24) is 14.8 Å². The van der Waals surface area contributed by atoms with Gasteiger partial charge in [0, 0.05) is 55.8 Å². The fourth-order valence-corrected chi connectivity index (χ4v) is 5.10. The molecule has 3 heterocycles. The van der Waals surface area contributed by atoms with Gasteiger partial charge in [0.2, 0.25) is 0 Å². The van der Waals surface area contributed by atoms with Gasteiger partial charge in [-0.05, 0) is 61.4 Å².